The van der Waals surface area contributed by atoms with Crippen LogP contribution in [0.4, 0.5) is 8.78 Å². The van der Waals surface area contributed by atoms with E-state index in [1.54, 1.807) is 24.5 Å². The third-order valence-corrected chi connectivity index (χ3v) is 3.15. The Balaban J connectivity index is 1.74. The quantitative estimate of drug-likeness (QED) is 0.845. The zero-order valence-corrected chi connectivity index (χ0v) is 11.0. The lowest BCUT2D eigenvalue weighted by Crippen LogP contribution is -2.11. The normalized spacial score (nSPS) is 11.1. The van der Waals surface area contributed by atoms with Gasteiger partial charge >= 0.3 is 0 Å². The largest absolute Gasteiger partial charge is 0.464 e. The number of pyridine rings is 1. The Morgan fingerprint density at radius 3 is 2.58 bits per heavy atom. The summed E-state index contributed by atoms with van der Waals surface area (Å²) in [4.78, 5) is 3.94. The maximum atomic E-state index is 12.0. The number of aromatic nitrogens is 1. The Morgan fingerprint density at radius 2 is 1.84 bits per heavy atom. The molecule has 2 aromatic heterocycles. The van der Waals surface area contributed by atoms with E-state index in [9.17, 15) is 8.78 Å². The van der Waals surface area contributed by atoms with E-state index in [2.05, 4.69) is 10.3 Å². The molecule has 0 spiro atoms. The maximum absolute atomic E-state index is 12.0. The van der Waals surface area contributed by atoms with Crippen molar-refractivity contribution >= 4 is 11.8 Å². The zero-order chi connectivity index (χ0) is 13.5. The molecular weight excluding hydrogens is 270 g/mol. The first-order chi connectivity index (χ1) is 9.24. The summed E-state index contributed by atoms with van der Waals surface area (Å²) in [6.45, 7) is 1.28. The molecule has 2 aromatic rings. The van der Waals surface area contributed by atoms with E-state index in [0.717, 1.165) is 11.3 Å². The molecule has 0 radical (unpaired) electrons. The number of furan rings is 1. The lowest BCUT2D eigenvalue weighted by Gasteiger charge is -2.02. The van der Waals surface area contributed by atoms with Crippen molar-refractivity contribution in [2.75, 3.05) is 0 Å². The van der Waals surface area contributed by atoms with Gasteiger partial charge in [-0.05, 0) is 29.8 Å². The number of rotatable bonds is 7. The van der Waals surface area contributed by atoms with Crippen LogP contribution in [0.3, 0.4) is 0 Å². The van der Waals surface area contributed by atoms with E-state index in [1.807, 2.05) is 12.1 Å². The first-order valence-corrected chi connectivity index (χ1v) is 6.86. The Labute approximate surface area is 114 Å². The van der Waals surface area contributed by atoms with E-state index in [1.165, 1.54) is 0 Å². The molecule has 0 saturated carbocycles. The van der Waals surface area contributed by atoms with Crippen LogP contribution in [0.25, 0.3) is 0 Å². The van der Waals surface area contributed by atoms with Crippen molar-refractivity contribution in [1.82, 2.24) is 10.3 Å². The summed E-state index contributed by atoms with van der Waals surface area (Å²) < 4.78 is 29.5. The standard InChI is InChI=1S/C13H14F2N2OS/c14-13(15)19-9-12-2-1-11(18-12)8-17-7-10-3-5-16-6-4-10/h1-6,13,17H,7-9H2. The van der Waals surface area contributed by atoms with Gasteiger partial charge in [-0.2, -0.15) is 8.78 Å². The molecule has 0 aliphatic heterocycles. The summed E-state index contributed by atoms with van der Waals surface area (Å²) in [7, 11) is 0. The number of nitrogens with zero attached hydrogens (tertiary/aromatic N) is 1. The van der Waals surface area contributed by atoms with E-state index in [-0.39, 0.29) is 5.75 Å². The average Bonchev–Trinajstić information content (AvgIpc) is 2.86. The zero-order valence-electron chi connectivity index (χ0n) is 10.2. The van der Waals surface area contributed by atoms with Crippen LogP contribution < -0.4 is 5.32 Å². The smallest absolute Gasteiger partial charge is 0.284 e. The number of hydrogen-bond donors (Lipinski definition) is 1. The minimum Gasteiger partial charge on any atom is -0.464 e. The van der Waals surface area contributed by atoms with Gasteiger partial charge in [-0.15, -0.1) is 0 Å². The van der Waals surface area contributed by atoms with E-state index < -0.39 is 5.76 Å². The van der Waals surface area contributed by atoms with Crippen LogP contribution in [0.15, 0.2) is 41.1 Å². The molecule has 3 nitrogen and oxygen atoms in total. The first kappa shape index (κ1) is 14.0. The van der Waals surface area contributed by atoms with Gasteiger partial charge < -0.3 is 9.73 Å². The molecule has 0 aliphatic rings. The molecular formula is C13H14F2N2OS. The van der Waals surface area contributed by atoms with Gasteiger partial charge in [0.25, 0.3) is 5.76 Å². The highest BCUT2D eigenvalue weighted by Crippen LogP contribution is 2.21. The summed E-state index contributed by atoms with van der Waals surface area (Å²) in [6, 6.07) is 7.40. The monoisotopic (exact) mass is 284 g/mol. The predicted octanol–water partition coefficient (Wildman–Crippen LogP) is 3.42. The van der Waals surface area contributed by atoms with Crippen molar-refractivity contribution in [3.8, 4) is 0 Å². The minimum atomic E-state index is -2.36. The van der Waals surface area contributed by atoms with Gasteiger partial charge in [0.15, 0.2) is 0 Å². The van der Waals surface area contributed by atoms with Gasteiger partial charge in [0.2, 0.25) is 0 Å². The fourth-order valence-electron chi connectivity index (χ4n) is 1.57. The topological polar surface area (TPSA) is 38.1 Å². The summed E-state index contributed by atoms with van der Waals surface area (Å²) in [5.74, 6) is -0.842. The average molecular weight is 284 g/mol. The second-order valence-corrected chi connectivity index (χ2v) is 4.88. The Bertz CT molecular complexity index is 490. The van der Waals surface area contributed by atoms with Crippen molar-refractivity contribution in [2.24, 2.45) is 0 Å². The molecule has 0 bridgehead atoms. The van der Waals surface area contributed by atoms with Gasteiger partial charge in [0.05, 0.1) is 12.3 Å². The van der Waals surface area contributed by atoms with Crippen LogP contribution in [0.5, 0.6) is 0 Å². The lowest BCUT2D eigenvalue weighted by molar-refractivity contribution is 0.251. The highest BCUT2D eigenvalue weighted by molar-refractivity contribution is 7.98. The Morgan fingerprint density at radius 1 is 1.11 bits per heavy atom. The second kappa shape index (κ2) is 7.25. The van der Waals surface area contributed by atoms with Crippen LogP contribution in [-0.4, -0.2) is 10.7 Å². The fraction of sp³-hybridized carbons (Fsp3) is 0.308. The van der Waals surface area contributed by atoms with Crippen molar-refractivity contribution < 1.29 is 13.2 Å². The number of halogens is 2. The van der Waals surface area contributed by atoms with Crippen LogP contribution in [-0.2, 0) is 18.8 Å². The van der Waals surface area contributed by atoms with E-state index in [4.69, 9.17) is 4.42 Å². The van der Waals surface area contributed by atoms with Crippen molar-refractivity contribution in [3.05, 3.63) is 53.7 Å². The Kier molecular flexibility index (Phi) is 5.35. The molecule has 0 unspecified atom stereocenters. The van der Waals surface area contributed by atoms with Gasteiger partial charge in [-0.3, -0.25) is 4.98 Å². The van der Waals surface area contributed by atoms with Crippen molar-refractivity contribution in [3.63, 3.8) is 0 Å². The number of alkyl halides is 2. The second-order valence-electron chi connectivity index (χ2n) is 3.90. The third kappa shape index (κ3) is 5.00. The van der Waals surface area contributed by atoms with Crippen LogP contribution in [0.1, 0.15) is 17.1 Å². The van der Waals surface area contributed by atoms with Crippen molar-refractivity contribution in [2.45, 2.75) is 24.6 Å². The highest BCUT2D eigenvalue weighted by atomic mass is 32.2. The molecule has 0 fully saturated rings. The number of nitrogens with one attached hydrogen (secondary N) is 1. The van der Waals surface area contributed by atoms with Crippen LogP contribution >= 0.6 is 11.8 Å². The fourth-order valence-corrected chi connectivity index (χ4v) is 2.02. The van der Waals surface area contributed by atoms with Gasteiger partial charge in [-0.1, -0.05) is 11.8 Å². The number of hydrogen-bond acceptors (Lipinski definition) is 4. The van der Waals surface area contributed by atoms with Crippen LogP contribution in [0.2, 0.25) is 0 Å². The lowest BCUT2D eigenvalue weighted by atomic mass is 10.3. The molecule has 0 saturated heterocycles. The maximum Gasteiger partial charge on any atom is 0.284 e. The molecule has 19 heavy (non-hydrogen) atoms. The first-order valence-electron chi connectivity index (χ1n) is 5.81. The van der Waals surface area contributed by atoms with E-state index >= 15 is 0 Å². The molecule has 0 amide bonds. The summed E-state index contributed by atoms with van der Waals surface area (Å²) in [6.07, 6.45) is 3.48. The molecule has 6 heteroatoms. The molecule has 0 atom stereocenters. The molecule has 2 rings (SSSR count). The van der Waals surface area contributed by atoms with Gasteiger partial charge in [0.1, 0.15) is 11.5 Å². The summed E-state index contributed by atoms with van der Waals surface area (Å²) in [5.41, 5.74) is 1.13. The van der Waals surface area contributed by atoms with E-state index in [0.29, 0.717) is 30.6 Å². The molecule has 2 heterocycles. The minimum absolute atomic E-state index is 0.196. The Hall–Kier alpha value is -1.40. The van der Waals surface area contributed by atoms with Gasteiger partial charge in [-0.25, -0.2) is 0 Å². The molecule has 102 valence electrons. The summed E-state index contributed by atoms with van der Waals surface area (Å²) >= 11 is 0.564. The van der Waals surface area contributed by atoms with Crippen molar-refractivity contribution in [1.29, 1.82) is 0 Å². The SMILES string of the molecule is FC(F)SCc1ccc(CNCc2ccncc2)o1. The van der Waals surface area contributed by atoms with Crippen LogP contribution in [0, 0.1) is 0 Å². The highest BCUT2D eigenvalue weighted by Gasteiger charge is 2.07. The third-order valence-electron chi connectivity index (χ3n) is 2.45. The van der Waals surface area contributed by atoms with Gasteiger partial charge in [0, 0.05) is 18.9 Å². The molecule has 0 aromatic carbocycles. The summed E-state index contributed by atoms with van der Waals surface area (Å²) in [5, 5.41) is 3.22. The number of thioether (sulfide) groups is 1. The predicted molar refractivity (Wildman–Crippen MR) is 70.8 cm³/mol. The molecule has 0 aliphatic carbocycles. The molecule has 1 N–H and O–H groups in total.